The van der Waals surface area contributed by atoms with Crippen molar-refractivity contribution in [1.29, 1.82) is 0 Å². The van der Waals surface area contributed by atoms with E-state index < -0.39 is 11.7 Å². The molecule has 0 bridgehead atoms. The van der Waals surface area contributed by atoms with Crippen LogP contribution >= 0.6 is 0 Å². The third-order valence-corrected chi connectivity index (χ3v) is 4.37. The van der Waals surface area contributed by atoms with Gasteiger partial charge in [-0.15, -0.1) is 0 Å². The van der Waals surface area contributed by atoms with E-state index in [4.69, 9.17) is 13.9 Å². The number of nitrogens with one attached hydrogen (secondary N) is 1. The summed E-state index contributed by atoms with van der Waals surface area (Å²) < 4.78 is 15.5. The fourth-order valence-electron chi connectivity index (χ4n) is 2.82. The van der Waals surface area contributed by atoms with Gasteiger partial charge in [0.2, 0.25) is 0 Å². The number of hydrogen-bond acceptors (Lipinski definition) is 6. The lowest BCUT2D eigenvalue weighted by Crippen LogP contribution is -2.25. The average Bonchev–Trinajstić information content (AvgIpc) is 2.75. The van der Waals surface area contributed by atoms with Crippen molar-refractivity contribution >= 4 is 23.0 Å². The molecule has 30 heavy (non-hydrogen) atoms. The zero-order valence-electron chi connectivity index (χ0n) is 16.5. The predicted molar refractivity (Wildman–Crippen MR) is 111 cm³/mol. The van der Waals surface area contributed by atoms with Crippen molar-refractivity contribution in [2.75, 3.05) is 6.54 Å². The fourth-order valence-corrected chi connectivity index (χ4v) is 2.82. The van der Waals surface area contributed by atoms with Gasteiger partial charge in [0.15, 0.2) is 0 Å². The molecule has 7 nitrogen and oxygen atoms in total. The second-order valence-corrected chi connectivity index (χ2v) is 6.73. The minimum absolute atomic E-state index is 0.233. The highest BCUT2D eigenvalue weighted by atomic mass is 16.5. The first-order valence-electron chi connectivity index (χ1n) is 9.79. The average molecular weight is 409 g/mol. The largest absolute Gasteiger partial charge is 0.445 e. The maximum absolute atomic E-state index is 12.0. The van der Waals surface area contributed by atoms with Crippen molar-refractivity contribution in [2.45, 2.75) is 32.3 Å². The standard InChI is InChI=1S/C23H23NO6/c25-21(29-19-12-10-18-11-13-22(26)30-20(18)15-19)9-5-2-6-14-24-23(27)28-16-17-7-3-1-4-8-17/h1,3-4,7-8,10-13,15H,2,5-6,9,14,16H2,(H,24,27). The van der Waals surface area contributed by atoms with Crippen LogP contribution in [0.4, 0.5) is 4.79 Å². The Kier molecular flexibility index (Phi) is 7.60. The van der Waals surface area contributed by atoms with Gasteiger partial charge in [0.25, 0.3) is 0 Å². The molecule has 0 radical (unpaired) electrons. The number of carbonyl (C=O) groups is 2. The third-order valence-electron chi connectivity index (χ3n) is 4.37. The van der Waals surface area contributed by atoms with Gasteiger partial charge in [-0.2, -0.15) is 0 Å². The van der Waals surface area contributed by atoms with E-state index in [-0.39, 0.29) is 19.0 Å². The molecule has 0 saturated carbocycles. The van der Waals surface area contributed by atoms with Crippen LogP contribution in [0, 0.1) is 0 Å². The molecule has 7 heteroatoms. The van der Waals surface area contributed by atoms with Crippen LogP contribution < -0.4 is 15.7 Å². The first-order chi connectivity index (χ1) is 14.6. The number of ether oxygens (including phenoxy) is 2. The first-order valence-corrected chi connectivity index (χ1v) is 9.79. The molecule has 2 aromatic carbocycles. The predicted octanol–water partition coefficient (Wildman–Crippen LogP) is 4.19. The van der Waals surface area contributed by atoms with E-state index in [1.165, 1.54) is 12.1 Å². The molecule has 0 spiro atoms. The van der Waals surface area contributed by atoms with Gasteiger partial charge in [0.1, 0.15) is 17.9 Å². The third kappa shape index (κ3) is 6.77. The SMILES string of the molecule is O=C(CCCCCNC(=O)OCc1ccccc1)Oc1ccc2ccc(=O)oc2c1. The summed E-state index contributed by atoms with van der Waals surface area (Å²) >= 11 is 0. The van der Waals surface area contributed by atoms with E-state index in [2.05, 4.69) is 5.32 Å². The maximum atomic E-state index is 12.0. The van der Waals surface area contributed by atoms with Crippen LogP contribution in [0.15, 0.2) is 69.9 Å². The quantitative estimate of drug-likeness (QED) is 0.246. The highest BCUT2D eigenvalue weighted by Gasteiger charge is 2.07. The Morgan fingerprint density at radius 3 is 2.57 bits per heavy atom. The lowest BCUT2D eigenvalue weighted by Gasteiger charge is -2.07. The monoisotopic (exact) mass is 409 g/mol. The number of benzene rings is 2. The highest BCUT2D eigenvalue weighted by molar-refractivity contribution is 5.79. The Hall–Kier alpha value is -3.61. The Balaban J connectivity index is 1.28. The molecule has 0 aliphatic rings. The molecule has 1 heterocycles. The van der Waals surface area contributed by atoms with Crippen molar-refractivity contribution in [3.8, 4) is 5.75 Å². The van der Waals surface area contributed by atoms with Gasteiger partial charge in [-0.1, -0.05) is 36.8 Å². The molecular weight excluding hydrogens is 386 g/mol. The second kappa shape index (κ2) is 10.8. The Morgan fingerprint density at radius 2 is 1.73 bits per heavy atom. The summed E-state index contributed by atoms with van der Waals surface area (Å²) in [5.74, 6) is -0.0208. The molecule has 0 fully saturated rings. The molecule has 1 amide bonds. The number of unbranched alkanes of at least 4 members (excludes halogenated alkanes) is 2. The molecule has 0 unspecified atom stereocenters. The second-order valence-electron chi connectivity index (χ2n) is 6.73. The first kappa shape index (κ1) is 21.1. The van der Waals surface area contributed by atoms with Crippen LogP contribution in [-0.4, -0.2) is 18.6 Å². The summed E-state index contributed by atoms with van der Waals surface area (Å²) in [5.41, 5.74) is 0.848. The van der Waals surface area contributed by atoms with Gasteiger partial charge in [0, 0.05) is 30.5 Å². The van der Waals surface area contributed by atoms with E-state index in [1.807, 2.05) is 30.3 Å². The number of fused-ring (bicyclic) bond motifs is 1. The zero-order chi connectivity index (χ0) is 21.2. The van der Waals surface area contributed by atoms with Crippen LogP contribution in [0.1, 0.15) is 31.2 Å². The minimum atomic E-state index is -0.457. The molecule has 0 saturated heterocycles. The number of esters is 1. The summed E-state index contributed by atoms with van der Waals surface area (Å²) in [7, 11) is 0. The molecule has 3 aromatic rings. The molecule has 0 aliphatic carbocycles. The summed E-state index contributed by atoms with van der Waals surface area (Å²) in [6.45, 7) is 0.711. The smallest absolute Gasteiger partial charge is 0.407 e. The van der Waals surface area contributed by atoms with Gasteiger partial charge in [-0.3, -0.25) is 4.79 Å². The van der Waals surface area contributed by atoms with Crippen molar-refractivity contribution in [3.63, 3.8) is 0 Å². The number of rotatable bonds is 9. The van der Waals surface area contributed by atoms with Gasteiger partial charge < -0.3 is 19.2 Å². The number of amides is 1. The Bertz CT molecular complexity index is 1040. The van der Waals surface area contributed by atoms with Crippen LogP contribution in [0.2, 0.25) is 0 Å². The number of alkyl carbamates (subject to hydrolysis) is 1. The molecule has 3 rings (SSSR count). The topological polar surface area (TPSA) is 94.8 Å². The van der Waals surface area contributed by atoms with Crippen LogP contribution in [0.3, 0.4) is 0 Å². The maximum Gasteiger partial charge on any atom is 0.407 e. The molecule has 1 N–H and O–H groups in total. The zero-order valence-corrected chi connectivity index (χ0v) is 16.5. The van der Waals surface area contributed by atoms with Crippen LogP contribution in [-0.2, 0) is 16.1 Å². The van der Waals surface area contributed by atoms with Gasteiger partial charge >= 0.3 is 17.7 Å². The lowest BCUT2D eigenvalue weighted by atomic mass is 10.2. The van der Waals surface area contributed by atoms with E-state index in [0.29, 0.717) is 24.3 Å². The Labute approximate surface area is 173 Å². The molecule has 156 valence electrons. The lowest BCUT2D eigenvalue weighted by molar-refractivity contribution is -0.134. The van der Waals surface area contributed by atoms with Crippen molar-refractivity contribution < 1.29 is 23.5 Å². The van der Waals surface area contributed by atoms with Crippen molar-refractivity contribution in [1.82, 2.24) is 5.32 Å². The summed E-state index contributed by atoms with van der Waals surface area (Å²) in [4.78, 5) is 34.9. The van der Waals surface area contributed by atoms with Crippen LogP contribution in [0.5, 0.6) is 5.75 Å². The number of carbonyl (C=O) groups excluding carboxylic acids is 2. The summed E-state index contributed by atoms with van der Waals surface area (Å²) in [6.07, 6.45) is 1.94. The van der Waals surface area contributed by atoms with Crippen LogP contribution in [0.25, 0.3) is 11.0 Å². The van der Waals surface area contributed by atoms with Crippen molar-refractivity contribution in [3.05, 3.63) is 76.6 Å². The van der Waals surface area contributed by atoms with Crippen molar-refractivity contribution in [2.24, 2.45) is 0 Å². The van der Waals surface area contributed by atoms with E-state index in [9.17, 15) is 14.4 Å². The van der Waals surface area contributed by atoms with E-state index >= 15 is 0 Å². The molecular formula is C23H23NO6. The summed E-state index contributed by atoms with van der Waals surface area (Å²) in [6, 6.07) is 17.4. The molecule has 1 aromatic heterocycles. The number of hydrogen-bond donors (Lipinski definition) is 1. The van der Waals surface area contributed by atoms with Gasteiger partial charge in [-0.05, 0) is 36.6 Å². The molecule has 0 atom stereocenters. The Morgan fingerprint density at radius 1 is 0.933 bits per heavy atom. The van der Waals surface area contributed by atoms with Gasteiger partial charge in [-0.25, -0.2) is 9.59 Å². The summed E-state index contributed by atoms with van der Waals surface area (Å²) in [5, 5.41) is 3.44. The molecule has 0 aliphatic heterocycles. The minimum Gasteiger partial charge on any atom is -0.445 e. The normalized spacial score (nSPS) is 10.5. The fraction of sp³-hybridized carbons (Fsp3) is 0.261. The van der Waals surface area contributed by atoms with E-state index in [1.54, 1.807) is 18.2 Å². The van der Waals surface area contributed by atoms with E-state index in [0.717, 1.165) is 23.8 Å². The van der Waals surface area contributed by atoms with Gasteiger partial charge in [0.05, 0.1) is 0 Å². The highest BCUT2D eigenvalue weighted by Crippen LogP contribution is 2.20.